The van der Waals surface area contributed by atoms with Crippen molar-refractivity contribution < 1.29 is 5.11 Å². The fourth-order valence-corrected chi connectivity index (χ4v) is 3.13. The summed E-state index contributed by atoms with van der Waals surface area (Å²) in [6, 6.07) is 9.04. The van der Waals surface area contributed by atoms with Crippen LogP contribution in [0.2, 0.25) is 0 Å². The summed E-state index contributed by atoms with van der Waals surface area (Å²) in [5.41, 5.74) is 2.90. The molecule has 3 nitrogen and oxygen atoms in total. The smallest absolute Gasteiger partial charge is 0.0446 e. The highest BCUT2D eigenvalue weighted by Gasteiger charge is 2.24. The highest BCUT2D eigenvalue weighted by atomic mass is 16.3. The van der Waals surface area contributed by atoms with E-state index >= 15 is 0 Å². The van der Waals surface area contributed by atoms with E-state index in [9.17, 15) is 5.11 Å². The molecule has 1 aliphatic heterocycles. The third-order valence-electron chi connectivity index (χ3n) is 4.44. The Kier molecular flexibility index (Phi) is 5.65. The first kappa shape index (κ1) is 16.3. The summed E-state index contributed by atoms with van der Waals surface area (Å²) >= 11 is 0. The van der Waals surface area contributed by atoms with Gasteiger partial charge in [-0.3, -0.25) is 0 Å². The highest BCUT2D eigenvalue weighted by Crippen LogP contribution is 2.26. The fourth-order valence-electron chi connectivity index (χ4n) is 3.13. The fraction of sp³-hybridized carbons (Fsp3) is 0.667. The summed E-state index contributed by atoms with van der Waals surface area (Å²) < 4.78 is 0. The average molecular weight is 290 g/mol. The molecule has 21 heavy (non-hydrogen) atoms. The van der Waals surface area contributed by atoms with Crippen molar-refractivity contribution in [3.63, 3.8) is 0 Å². The van der Waals surface area contributed by atoms with E-state index in [4.69, 9.17) is 0 Å². The van der Waals surface area contributed by atoms with Gasteiger partial charge in [-0.1, -0.05) is 39.0 Å². The van der Waals surface area contributed by atoms with Crippen LogP contribution in [0.15, 0.2) is 24.3 Å². The second kappa shape index (κ2) is 7.28. The predicted octanol–water partition coefficient (Wildman–Crippen LogP) is 3.17. The molecule has 3 heteroatoms. The Hall–Kier alpha value is -1.06. The molecule has 0 bridgehead atoms. The number of nitrogens with zero attached hydrogens (tertiary/aromatic N) is 1. The van der Waals surface area contributed by atoms with Crippen LogP contribution in [0.3, 0.4) is 0 Å². The number of hydrogen-bond acceptors (Lipinski definition) is 3. The molecule has 1 aromatic rings. The summed E-state index contributed by atoms with van der Waals surface area (Å²) in [6.45, 7) is 10.1. The maximum atomic E-state index is 9.28. The van der Waals surface area contributed by atoms with Crippen molar-refractivity contribution in [3.8, 4) is 0 Å². The molecule has 0 spiro atoms. The first-order valence-corrected chi connectivity index (χ1v) is 8.19. The van der Waals surface area contributed by atoms with Gasteiger partial charge in [-0.15, -0.1) is 0 Å². The lowest BCUT2D eigenvalue weighted by Gasteiger charge is -2.32. The minimum atomic E-state index is 0.158. The summed E-state index contributed by atoms with van der Waals surface area (Å²) in [5.74, 6) is 0. The summed E-state index contributed by atoms with van der Waals surface area (Å²) in [6.07, 6.45) is 3.41. The van der Waals surface area contributed by atoms with Crippen molar-refractivity contribution in [1.82, 2.24) is 5.32 Å². The number of hydrogen-bond donors (Lipinski definition) is 2. The minimum absolute atomic E-state index is 0.158. The Balaban J connectivity index is 2.05. The Morgan fingerprint density at radius 2 is 1.86 bits per heavy atom. The molecule has 1 heterocycles. The van der Waals surface area contributed by atoms with Gasteiger partial charge in [0.25, 0.3) is 0 Å². The third kappa shape index (κ3) is 4.45. The van der Waals surface area contributed by atoms with Gasteiger partial charge in [-0.05, 0) is 36.3 Å². The molecular formula is C18H30N2O. The van der Waals surface area contributed by atoms with E-state index < -0.39 is 0 Å². The Morgan fingerprint density at radius 1 is 1.19 bits per heavy atom. The summed E-state index contributed by atoms with van der Waals surface area (Å²) in [7, 11) is 0. The second-order valence-electron chi connectivity index (χ2n) is 7.13. The Morgan fingerprint density at radius 3 is 2.48 bits per heavy atom. The molecule has 1 saturated heterocycles. The molecule has 0 amide bonds. The van der Waals surface area contributed by atoms with Gasteiger partial charge in [0, 0.05) is 38.0 Å². The molecule has 1 atom stereocenters. The zero-order valence-corrected chi connectivity index (χ0v) is 13.7. The Labute approximate surface area is 129 Å². The monoisotopic (exact) mass is 290 g/mol. The van der Waals surface area contributed by atoms with Gasteiger partial charge in [0.2, 0.25) is 0 Å². The van der Waals surface area contributed by atoms with Crippen LogP contribution < -0.4 is 10.2 Å². The van der Waals surface area contributed by atoms with Crippen molar-refractivity contribution in [1.29, 1.82) is 0 Å². The zero-order chi connectivity index (χ0) is 15.3. The van der Waals surface area contributed by atoms with Gasteiger partial charge >= 0.3 is 0 Å². The maximum absolute atomic E-state index is 9.28. The molecular weight excluding hydrogens is 260 g/mol. The summed E-state index contributed by atoms with van der Waals surface area (Å²) in [5, 5.41) is 12.9. The van der Waals surface area contributed by atoms with Crippen LogP contribution in [0.1, 0.15) is 45.6 Å². The number of nitrogens with one attached hydrogen (secondary N) is 1. The van der Waals surface area contributed by atoms with Crippen molar-refractivity contribution in [2.45, 2.75) is 52.6 Å². The number of benzene rings is 1. The van der Waals surface area contributed by atoms with Crippen molar-refractivity contribution in [2.24, 2.45) is 5.41 Å². The molecule has 0 aromatic heterocycles. The lowest BCUT2D eigenvalue weighted by Crippen LogP contribution is -2.40. The summed E-state index contributed by atoms with van der Waals surface area (Å²) in [4.78, 5) is 2.50. The van der Waals surface area contributed by atoms with E-state index in [-0.39, 0.29) is 12.0 Å². The van der Waals surface area contributed by atoms with E-state index in [0.29, 0.717) is 6.04 Å². The predicted molar refractivity (Wildman–Crippen MR) is 89.7 cm³/mol. The maximum Gasteiger partial charge on any atom is 0.0446 e. The molecule has 1 unspecified atom stereocenters. The quantitative estimate of drug-likeness (QED) is 0.844. The van der Waals surface area contributed by atoms with Crippen LogP contribution in [0.5, 0.6) is 0 Å². The van der Waals surface area contributed by atoms with Gasteiger partial charge < -0.3 is 15.3 Å². The van der Waals surface area contributed by atoms with Gasteiger partial charge in [0.05, 0.1) is 0 Å². The third-order valence-corrected chi connectivity index (χ3v) is 4.44. The molecule has 2 rings (SSSR count). The molecule has 2 N–H and O–H groups in total. The van der Waals surface area contributed by atoms with E-state index in [1.807, 2.05) is 0 Å². The van der Waals surface area contributed by atoms with E-state index in [0.717, 1.165) is 13.0 Å². The number of anilines is 1. The van der Waals surface area contributed by atoms with E-state index in [1.54, 1.807) is 0 Å². The van der Waals surface area contributed by atoms with Crippen LogP contribution in [0, 0.1) is 5.41 Å². The van der Waals surface area contributed by atoms with Crippen LogP contribution in [0.4, 0.5) is 5.69 Å². The number of para-hydroxylation sites is 1. The molecule has 0 saturated carbocycles. The first-order chi connectivity index (χ1) is 10.0. The lowest BCUT2D eigenvalue weighted by atomic mass is 9.85. The van der Waals surface area contributed by atoms with Gasteiger partial charge in [0.1, 0.15) is 0 Å². The van der Waals surface area contributed by atoms with Crippen LogP contribution >= 0.6 is 0 Å². The average Bonchev–Trinajstić information content (AvgIpc) is 2.96. The zero-order valence-electron chi connectivity index (χ0n) is 13.7. The van der Waals surface area contributed by atoms with Gasteiger partial charge in [-0.25, -0.2) is 0 Å². The topological polar surface area (TPSA) is 35.5 Å². The normalized spacial score (nSPS) is 17.2. The number of rotatable bonds is 6. The highest BCUT2D eigenvalue weighted by molar-refractivity contribution is 5.54. The minimum Gasteiger partial charge on any atom is -0.396 e. The van der Waals surface area contributed by atoms with Crippen LogP contribution in [-0.4, -0.2) is 30.8 Å². The second-order valence-corrected chi connectivity index (χ2v) is 7.13. The standard InChI is InChI=1S/C18H30N2O/c1-18(2,3)17(10-13-21)19-14-15-8-4-5-9-16(15)20-11-6-7-12-20/h4-5,8-9,17,19,21H,6-7,10-14H2,1-3H3. The molecule has 0 radical (unpaired) electrons. The largest absolute Gasteiger partial charge is 0.396 e. The molecule has 1 fully saturated rings. The van der Waals surface area contributed by atoms with Crippen LogP contribution in [-0.2, 0) is 6.54 Å². The van der Waals surface area contributed by atoms with Crippen LogP contribution in [0.25, 0.3) is 0 Å². The Bertz CT molecular complexity index is 433. The van der Waals surface area contributed by atoms with Gasteiger partial charge in [-0.2, -0.15) is 0 Å². The van der Waals surface area contributed by atoms with Crippen molar-refractivity contribution in [2.75, 3.05) is 24.6 Å². The molecule has 118 valence electrons. The van der Waals surface area contributed by atoms with Crippen molar-refractivity contribution >= 4 is 5.69 Å². The van der Waals surface area contributed by atoms with E-state index in [2.05, 4.69) is 55.3 Å². The van der Waals surface area contributed by atoms with Crippen molar-refractivity contribution in [3.05, 3.63) is 29.8 Å². The first-order valence-electron chi connectivity index (χ1n) is 8.19. The SMILES string of the molecule is CC(C)(C)C(CCO)NCc1ccccc1N1CCCC1. The molecule has 0 aliphatic carbocycles. The van der Waals surface area contributed by atoms with E-state index in [1.165, 1.54) is 37.2 Å². The lowest BCUT2D eigenvalue weighted by molar-refractivity contribution is 0.196. The molecule has 1 aliphatic rings. The number of aliphatic hydroxyl groups excluding tert-OH is 1. The number of aliphatic hydroxyl groups is 1. The molecule has 1 aromatic carbocycles. The van der Waals surface area contributed by atoms with Gasteiger partial charge in [0.15, 0.2) is 0 Å².